The molecule has 148 valence electrons. The van der Waals surface area contributed by atoms with E-state index in [1.54, 1.807) is 19.1 Å². The smallest absolute Gasteiger partial charge is 0.292 e. The van der Waals surface area contributed by atoms with Crippen molar-refractivity contribution in [2.24, 2.45) is 0 Å². The maximum atomic E-state index is 13.1. The highest BCUT2D eigenvalue weighted by molar-refractivity contribution is 5.66. The van der Waals surface area contributed by atoms with Crippen molar-refractivity contribution in [3.8, 4) is 11.8 Å². The number of nitriles is 1. The molecule has 0 aliphatic rings. The molecule has 0 saturated carbocycles. The lowest BCUT2D eigenvalue weighted by Gasteiger charge is -2.09. The molecule has 3 aromatic rings. The average Bonchev–Trinajstić information content (AvgIpc) is 3.02. The molecule has 2 aromatic carbocycles. The third kappa shape index (κ3) is 4.16. The average molecular weight is 394 g/mol. The van der Waals surface area contributed by atoms with Crippen LogP contribution in [0.15, 0.2) is 42.5 Å². The number of aromatic nitrogens is 2. The number of nitro groups is 1. The van der Waals surface area contributed by atoms with Gasteiger partial charge in [0.05, 0.1) is 16.3 Å². The van der Waals surface area contributed by atoms with E-state index in [0.717, 1.165) is 5.56 Å². The van der Waals surface area contributed by atoms with Gasteiger partial charge in [0.2, 0.25) is 0 Å². The van der Waals surface area contributed by atoms with Crippen LogP contribution in [0.25, 0.3) is 5.69 Å². The summed E-state index contributed by atoms with van der Waals surface area (Å²) in [4.78, 5) is 10.8. The van der Waals surface area contributed by atoms with Gasteiger partial charge in [-0.2, -0.15) is 10.4 Å². The minimum Gasteiger partial charge on any atom is -0.382 e. The number of nitrogens with zero attached hydrogens (tertiary/aromatic N) is 4. The molecular formula is C20H19FN6O2. The fourth-order valence-electron chi connectivity index (χ4n) is 3.06. The first-order valence-corrected chi connectivity index (χ1v) is 8.93. The van der Waals surface area contributed by atoms with Crippen LogP contribution in [0, 0.1) is 34.2 Å². The Kier molecular flexibility index (Phi) is 5.74. The molecule has 0 spiro atoms. The quantitative estimate of drug-likeness (QED) is 0.358. The maximum absolute atomic E-state index is 13.1. The number of aryl methyl sites for hydroxylation is 2. The summed E-state index contributed by atoms with van der Waals surface area (Å²) in [5.74, 6) is -0.187. The van der Waals surface area contributed by atoms with E-state index >= 15 is 0 Å². The first kappa shape index (κ1) is 19.8. The zero-order valence-corrected chi connectivity index (χ0v) is 15.7. The summed E-state index contributed by atoms with van der Waals surface area (Å²) in [7, 11) is 0. The van der Waals surface area contributed by atoms with E-state index in [2.05, 4.69) is 16.5 Å². The summed E-state index contributed by atoms with van der Waals surface area (Å²) in [5.41, 5.74) is 8.68. The van der Waals surface area contributed by atoms with Gasteiger partial charge >= 0.3 is 0 Å². The topological polar surface area (TPSA) is 123 Å². The molecule has 0 bridgehead atoms. The van der Waals surface area contributed by atoms with E-state index in [0.29, 0.717) is 36.5 Å². The van der Waals surface area contributed by atoms with Gasteiger partial charge in [0.15, 0.2) is 0 Å². The summed E-state index contributed by atoms with van der Waals surface area (Å²) >= 11 is 0. The van der Waals surface area contributed by atoms with Gasteiger partial charge in [0.25, 0.3) is 5.69 Å². The highest BCUT2D eigenvalue weighted by atomic mass is 19.1. The van der Waals surface area contributed by atoms with Crippen molar-refractivity contribution >= 4 is 17.2 Å². The van der Waals surface area contributed by atoms with Gasteiger partial charge in [-0.1, -0.05) is 12.1 Å². The normalized spacial score (nSPS) is 10.5. The Morgan fingerprint density at radius 2 is 2.03 bits per heavy atom. The van der Waals surface area contributed by atoms with E-state index < -0.39 is 4.92 Å². The second kappa shape index (κ2) is 8.39. The lowest BCUT2D eigenvalue weighted by Crippen LogP contribution is -2.07. The van der Waals surface area contributed by atoms with Crippen molar-refractivity contribution in [2.45, 2.75) is 19.8 Å². The molecule has 0 atom stereocenters. The number of nitrogens with two attached hydrogens (primary N) is 1. The third-order valence-corrected chi connectivity index (χ3v) is 4.52. The maximum Gasteiger partial charge on any atom is 0.292 e. The monoisotopic (exact) mass is 394 g/mol. The summed E-state index contributed by atoms with van der Waals surface area (Å²) in [5, 5.41) is 28.1. The SMILES string of the molecule is Cc1cccc([N+](=O)[O-])c1NCCCc1nn(-c2ccc(F)cc2)c(N)c1C#N. The van der Waals surface area contributed by atoms with Crippen LogP contribution in [-0.2, 0) is 6.42 Å². The predicted molar refractivity (Wildman–Crippen MR) is 107 cm³/mol. The standard InChI is InChI=1S/C20H19FN6O2/c1-13-4-2-6-18(27(28)29)19(13)24-11-3-5-17-16(12-22)20(23)26(25-17)15-9-7-14(21)8-10-15/h2,4,6-10,24H,3,5,11,23H2,1H3. The molecule has 3 N–H and O–H groups in total. The number of rotatable bonds is 7. The molecule has 29 heavy (non-hydrogen) atoms. The fraction of sp³-hybridized carbons (Fsp3) is 0.200. The molecule has 0 amide bonds. The molecule has 3 rings (SSSR count). The number of nitrogen functional groups attached to an aromatic ring is 1. The molecule has 0 aliphatic heterocycles. The van der Waals surface area contributed by atoms with Crippen molar-refractivity contribution in [1.82, 2.24) is 9.78 Å². The molecule has 0 saturated heterocycles. The lowest BCUT2D eigenvalue weighted by molar-refractivity contribution is -0.384. The van der Waals surface area contributed by atoms with Crippen molar-refractivity contribution in [1.29, 1.82) is 5.26 Å². The fourth-order valence-corrected chi connectivity index (χ4v) is 3.06. The lowest BCUT2D eigenvalue weighted by atomic mass is 10.1. The molecule has 0 fully saturated rings. The number of para-hydroxylation sites is 1. The van der Waals surface area contributed by atoms with Crippen molar-refractivity contribution in [3.63, 3.8) is 0 Å². The molecule has 8 nitrogen and oxygen atoms in total. The second-order valence-corrected chi connectivity index (χ2v) is 6.46. The van der Waals surface area contributed by atoms with Crippen LogP contribution in [0.2, 0.25) is 0 Å². The Bertz CT molecular complexity index is 1090. The largest absolute Gasteiger partial charge is 0.382 e. The van der Waals surface area contributed by atoms with Crippen LogP contribution in [-0.4, -0.2) is 21.2 Å². The molecule has 0 unspecified atom stereocenters. The minimum absolute atomic E-state index is 0.0209. The van der Waals surface area contributed by atoms with Crippen LogP contribution in [0.3, 0.4) is 0 Å². The van der Waals surface area contributed by atoms with Crippen LogP contribution in [0.5, 0.6) is 0 Å². The third-order valence-electron chi connectivity index (χ3n) is 4.52. The van der Waals surface area contributed by atoms with Crippen LogP contribution in [0.4, 0.5) is 21.6 Å². The van der Waals surface area contributed by atoms with E-state index in [-0.39, 0.29) is 22.9 Å². The zero-order chi connectivity index (χ0) is 21.0. The Hall–Kier alpha value is -3.93. The number of benzene rings is 2. The van der Waals surface area contributed by atoms with E-state index in [1.807, 2.05) is 0 Å². The first-order valence-electron chi connectivity index (χ1n) is 8.93. The summed E-state index contributed by atoms with van der Waals surface area (Å²) in [6.07, 6.45) is 1.04. The van der Waals surface area contributed by atoms with Gasteiger partial charge in [-0.05, 0) is 49.6 Å². The highest BCUT2D eigenvalue weighted by Crippen LogP contribution is 2.28. The Balaban J connectivity index is 1.72. The number of nitro benzene ring substituents is 1. The Labute approximate surface area is 166 Å². The van der Waals surface area contributed by atoms with Crippen molar-refractivity contribution < 1.29 is 9.31 Å². The summed E-state index contributed by atoms with van der Waals surface area (Å²) in [6, 6.07) is 12.6. The van der Waals surface area contributed by atoms with E-state index in [9.17, 15) is 19.8 Å². The van der Waals surface area contributed by atoms with Gasteiger partial charge < -0.3 is 11.1 Å². The number of halogens is 1. The number of hydrogen-bond acceptors (Lipinski definition) is 6. The van der Waals surface area contributed by atoms with Gasteiger partial charge in [-0.3, -0.25) is 10.1 Å². The molecule has 1 aromatic heterocycles. The van der Waals surface area contributed by atoms with Gasteiger partial charge in [0.1, 0.15) is 29.0 Å². The second-order valence-electron chi connectivity index (χ2n) is 6.46. The number of anilines is 2. The predicted octanol–water partition coefficient (Wildman–Crippen LogP) is 3.73. The zero-order valence-electron chi connectivity index (χ0n) is 15.7. The van der Waals surface area contributed by atoms with Gasteiger partial charge in [0, 0.05) is 12.6 Å². The van der Waals surface area contributed by atoms with Crippen LogP contribution < -0.4 is 11.1 Å². The van der Waals surface area contributed by atoms with E-state index in [1.165, 1.54) is 35.0 Å². The molecule has 9 heteroatoms. The minimum atomic E-state index is -0.422. The molecular weight excluding hydrogens is 375 g/mol. The summed E-state index contributed by atoms with van der Waals surface area (Å²) < 4.78 is 14.6. The summed E-state index contributed by atoms with van der Waals surface area (Å²) in [6.45, 7) is 2.26. The molecule has 0 aliphatic carbocycles. The molecule has 0 radical (unpaired) electrons. The van der Waals surface area contributed by atoms with Crippen molar-refractivity contribution in [2.75, 3.05) is 17.6 Å². The number of nitrogens with one attached hydrogen (secondary N) is 1. The van der Waals surface area contributed by atoms with Gasteiger partial charge in [-0.15, -0.1) is 0 Å². The van der Waals surface area contributed by atoms with Crippen molar-refractivity contribution in [3.05, 3.63) is 75.2 Å². The Morgan fingerprint density at radius 3 is 2.69 bits per heavy atom. The van der Waals surface area contributed by atoms with Gasteiger partial charge in [-0.25, -0.2) is 9.07 Å². The Morgan fingerprint density at radius 1 is 1.31 bits per heavy atom. The highest BCUT2D eigenvalue weighted by Gasteiger charge is 2.17. The van der Waals surface area contributed by atoms with E-state index in [4.69, 9.17) is 5.73 Å². The molecule has 1 heterocycles. The van der Waals surface area contributed by atoms with Crippen LogP contribution >= 0.6 is 0 Å². The van der Waals surface area contributed by atoms with Crippen LogP contribution in [0.1, 0.15) is 23.2 Å². The first-order chi connectivity index (χ1) is 13.9. The number of hydrogen-bond donors (Lipinski definition) is 2.